The van der Waals surface area contributed by atoms with Gasteiger partial charge in [0.1, 0.15) is 0 Å². The lowest BCUT2D eigenvalue weighted by molar-refractivity contribution is 0.0168. The van der Waals surface area contributed by atoms with Crippen LogP contribution < -0.4 is 5.73 Å². The molecule has 0 aromatic heterocycles. The van der Waals surface area contributed by atoms with Gasteiger partial charge in [0.05, 0.1) is 52.9 Å². The third-order valence-electron chi connectivity index (χ3n) is 6.05. The highest BCUT2D eigenvalue weighted by Crippen LogP contribution is 2.53. The summed E-state index contributed by atoms with van der Waals surface area (Å²) in [7, 11) is 1.66. The number of rotatable bonds is 17. The van der Waals surface area contributed by atoms with Crippen LogP contribution in [0.1, 0.15) is 24.0 Å². The van der Waals surface area contributed by atoms with Crippen LogP contribution in [-0.2, 0) is 29.1 Å². The number of hydrogen-bond acceptors (Lipinski definition) is 7. The van der Waals surface area contributed by atoms with Gasteiger partial charge in [-0.15, -0.1) is 0 Å². The van der Waals surface area contributed by atoms with Crippen molar-refractivity contribution in [3.63, 3.8) is 0 Å². The summed E-state index contributed by atoms with van der Waals surface area (Å²) in [6, 6.07) is 14.8. The van der Waals surface area contributed by atoms with E-state index in [9.17, 15) is 0 Å². The van der Waals surface area contributed by atoms with Gasteiger partial charge in [0.25, 0.3) is 0 Å². The molecule has 0 spiro atoms. The van der Waals surface area contributed by atoms with Crippen LogP contribution in [0.15, 0.2) is 42.5 Å². The molecule has 3 rings (SSSR count). The highest BCUT2D eigenvalue weighted by Gasteiger charge is 2.42. The SMILES string of the molecule is COCCOCCOCCC1(CCOCCOCCO)c2ccccc2-c2ccc(N)cc21. The lowest BCUT2D eigenvalue weighted by Crippen LogP contribution is -2.30. The molecule has 2 aromatic rings. The molecule has 0 fully saturated rings. The molecule has 2 aromatic carbocycles. The summed E-state index contributed by atoms with van der Waals surface area (Å²) in [5, 5.41) is 8.83. The second-order valence-electron chi connectivity index (χ2n) is 8.10. The van der Waals surface area contributed by atoms with E-state index < -0.39 is 0 Å². The first-order chi connectivity index (χ1) is 16.2. The minimum absolute atomic E-state index is 0.0233. The molecule has 7 nitrogen and oxygen atoms in total. The molecule has 0 bridgehead atoms. The van der Waals surface area contributed by atoms with Crippen molar-refractivity contribution in [3.8, 4) is 11.1 Å². The number of nitrogens with two attached hydrogens (primary N) is 1. The molecule has 33 heavy (non-hydrogen) atoms. The fraction of sp³-hybridized carbons (Fsp3) is 0.538. The van der Waals surface area contributed by atoms with Crippen molar-refractivity contribution in [2.45, 2.75) is 18.3 Å². The molecule has 0 saturated heterocycles. The molecular weight excluding hydrogens is 422 g/mol. The molecule has 3 N–H and O–H groups in total. The van der Waals surface area contributed by atoms with Crippen molar-refractivity contribution >= 4 is 5.69 Å². The van der Waals surface area contributed by atoms with Crippen LogP contribution >= 0.6 is 0 Å². The zero-order valence-corrected chi connectivity index (χ0v) is 19.6. The van der Waals surface area contributed by atoms with E-state index in [4.69, 9.17) is 34.5 Å². The quantitative estimate of drug-likeness (QED) is 0.277. The normalized spacial score (nSPS) is 16.7. The van der Waals surface area contributed by atoms with Crippen molar-refractivity contribution in [3.05, 3.63) is 53.6 Å². The van der Waals surface area contributed by atoms with E-state index in [1.807, 2.05) is 6.07 Å². The first kappa shape index (κ1) is 25.6. The maximum absolute atomic E-state index is 8.83. The highest BCUT2D eigenvalue weighted by atomic mass is 16.5. The molecule has 0 saturated carbocycles. The molecule has 0 aliphatic heterocycles. The third-order valence-corrected chi connectivity index (χ3v) is 6.05. The molecule has 1 aliphatic rings. The van der Waals surface area contributed by atoms with Crippen molar-refractivity contribution in [1.29, 1.82) is 0 Å². The van der Waals surface area contributed by atoms with Crippen molar-refractivity contribution in [2.75, 3.05) is 78.9 Å². The number of aliphatic hydroxyl groups excluding tert-OH is 1. The second-order valence-corrected chi connectivity index (χ2v) is 8.10. The standard InChI is InChI=1S/C26H37NO6/c1-29-14-15-33-19-17-31-12-9-26(8-11-30-16-18-32-13-10-28)24-5-3-2-4-22(24)23-7-6-21(27)20-25(23)26/h2-7,20,28H,8-19,27H2,1H3. The van der Waals surface area contributed by atoms with Gasteiger partial charge in [-0.05, 0) is 47.2 Å². The number of benzene rings is 2. The Morgan fingerprint density at radius 2 is 1.27 bits per heavy atom. The van der Waals surface area contributed by atoms with E-state index in [-0.39, 0.29) is 12.0 Å². The molecule has 1 unspecified atom stereocenters. The Morgan fingerprint density at radius 3 is 1.94 bits per heavy atom. The minimum atomic E-state index is -0.232. The molecule has 7 heteroatoms. The van der Waals surface area contributed by atoms with E-state index >= 15 is 0 Å². The summed E-state index contributed by atoms with van der Waals surface area (Å²) < 4.78 is 27.7. The maximum atomic E-state index is 8.83. The van der Waals surface area contributed by atoms with Crippen LogP contribution in [0.3, 0.4) is 0 Å². The summed E-state index contributed by atoms with van der Waals surface area (Å²) in [6.07, 6.45) is 1.64. The van der Waals surface area contributed by atoms with Gasteiger partial charge >= 0.3 is 0 Å². The lowest BCUT2D eigenvalue weighted by atomic mass is 9.73. The predicted octanol–water partition coefficient (Wildman–Crippen LogP) is 3.02. The largest absolute Gasteiger partial charge is 0.399 e. The zero-order valence-electron chi connectivity index (χ0n) is 19.6. The number of aliphatic hydroxyl groups is 1. The van der Waals surface area contributed by atoms with E-state index in [1.54, 1.807) is 7.11 Å². The summed E-state index contributed by atoms with van der Waals surface area (Å²) in [4.78, 5) is 0. The maximum Gasteiger partial charge on any atom is 0.0701 e. The second kappa shape index (κ2) is 13.6. The Bertz CT molecular complexity index is 845. The smallest absolute Gasteiger partial charge is 0.0701 e. The van der Waals surface area contributed by atoms with Crippen LogP contribution in [0.2, 0.25) is 0 Å². The van der Waals surface area contributed by atoms with Crippen molar-refractivity contribution in [2.24, 2.45) is 0 Å². The Hall–Kier alpha value is -2.00. The summed E-state index contributed by atoms with van der Waals surface area (Å²) in [6.45, 7) is 4.77. The minimum Gasteiger partial charge on any atom is -0.399 e. The number of anilines is 1. The van der Waals surface area contributed by atoms with Gasteiger partial charge in [-0.25, -0.2) is 0 Å². The predicted molar refractivity (Wildman–Crippen MR) is 129 cm³/mol. The first-order valence-electron chi connectivity index (χ1n) is 11.6. The van der Waals surface area contributed by atoms with Crippen LogP contribution in [0, 0.1) is 0 Å². The van der Waals surface area contributed by atoms with Crippen LogP contribution in [0.4, 0.5) is 5.69 Å². The molecule has 0 heterocycles. The fourth-order valence-corrected chi connectivity index (χ4v) is 4.48. The Labute approximate surface area is 196 Å². The van der Waals surface area contributed by atoms with E-state index in [2.05, 4.69) is 36.4 Å². The van der Waals surface area contributed by atoms with Crippen molar-refractivity contribution in [1.82, 2.24) is 0 Å². The Balaban J connectivity index is 1.69. The fourth-order valence-electron chi connectivity index (χ4n) is 4.48. The molecule has 1 atom stereocenters. The van der Waals surface area contributed by atoms with E-state index in [0.29, 0.717) is 59.5 Å². The van der Waals surface area contributed by atoms with Crippen molar-refractivity contribution < 1.29 is 28.8 Å². The topological polar surface area (TPSA) is 92.4 Å². The number of fused-ring (bicyclic) bond motifs is 3. The number of ether oxygens (including phenoxy) is 5. The van der Waals surface area contributed by atoms with E-state index in [1.165, 1.54) is 22.3 Å². The van der Waals surface area contributed by atoms with E-state index in [0.717, 1.165) is 18.5 Å². The summed E-state index contributed by atoms with van der Waals surface area (Å²) >= 11 is 0. The van der Waals surface area contributed by atoms with Gasteiger partial charge in [0, 0.05) is 31.4 Å². The van der Waals surface area contributed by atoms with Gasteiger partial charge in [-0.1, -0.05) is 30.3 Å². The molecule has 0 radical (unpaired) electrons. The Kier molecular flexibility index (Phi) is 10.6. The average molecular weight is 460 g/mol. The summed E-state index contributed by atoms with van der Waals surface area (Å²) in [5.41, 5.74) is 11.8. The number of hydrogen-bond donors (Lipinski definition) is 2. The molecule has 1 aliphatic carbocycles. The molecule has 0 amide bonds. The molecule has 182 valence electrons. The van der Waals surface area contributed by atoms with Gasteiger partial charge in [-0.3, -0.25) is 0 Å². The Morgan fingerprint density at radius 1 is 0.697 bits per heavy atom. The van der Waals surface area contributed by atoms with Crippen LogP contribution in [0.5, 0.6) is 0 Å². The molecular formula is C26H37NO6. The first-order valence-corrected chi connectivity index (χ1v) is 11.6. The van der Waals surface area contributed by atoms with Gasteiger partial charge < -0.3 is 34.5 Å². The zero-order chi connectivity index (χ0) is 23.4. The van der Waals surface area contributed by atoms with Crippen LogP contribution in [-0.4, -0.2) is 78.3 Å². The number of methoxy groups -OCH3 is 1. The lowest BCUT2D eigenvalue weighted by Gasteiger charge is -2.32. The van der Waals surface area contributed by atoms with Gasteiger partial charge in [-0.2, -0.15) is 0 Å². The monoisotopic (exact) mass is 459 g/mol. The highest BCUT2D eigenvalue weighted by molar-refractivity contribution is 5.82. The van der Waals surface area contributed by atoms with Crippen LogP contribution in [0.25, 0.3) is 11.1 Å². The summed E-state index contributed by atoms with van der Waals surface area (Å²) in [5.74, 6) is 0. The number of nitrogen functional groups attached to an aromatic ring is 1. The third kappa shape index (κ3) is 6.76. The van der Waals surface area contributed by atoms with Gasteiger partial charge in [0.15, 0.2) is 0 Å². The van der Waals surface area contributed by atoms with Gasteiger partial charge in [0.2, 0.25) is 0 Å². The average Bonchev–Trinajstić information content (AvgIpc) is 3.09.